The van der Waals surface area contributed by atoms with Crippen LogP contribution in [-0.4, -0.2) is 33.8 Å². The first-order valence-corrected chi connectivity index (χ1v) is 7.34. The summed E-state index contributed by atoms with van der Waals surface area (Å²) in [4.78, 5) is 2.23. The van der Waals surface area contributed by atoms with E-state index in [0.29, 0.717) is 0 Å². The second-order valence-electron chi connectivity index (χ2n) is 4.90. The van der Waals surface area contributed by atoms with Crippen LogP contribution in [0.2, 0.25) is 0 Å². The van der Waals surface area contributed by atoms with Crippen molar-refractivity contribution in [2.45, 2.75) is 32.6 Å². The average molecular weight is 264 g/mol. The van der Waals surface area contributed by atoms with E-state index in [2.05, 4.69) is 30.3 Å². The first-order chi connectivity index (χ1) is 9.29. The maximum atomic E-state index is 5.38. The van der Waals surface area contributed by atoms with Crippen LogP contribution in [0.4, 0.5) is 5.69 Å². The van der Waals surface area contributed by atoms with E-state index in [1.165, 1.54) is 25.7 Å². The zero-order chi connectivity index (χ0) is 13.9. The summed E-state index contributed by atoms with van der Waals surface area (Å²) in [5.41, 5.74) is 1.15. The van der Waals surface area contributed by atoms with E-state index >= 15 is 0 Å². The maximum absolute atomic E-state index is 5.38. The molecule has 0 atom stereocenters. The van der Waals surface area contributed by atoms with Gasteiger partial charge in [0.05, 0.1) is 12.8 Å². The zero-order valence-electron chi connectivity index (χ0n) is 12.6. The van der Waals surface area contributed by atoms with E-state index in [-0.39, 0.29) is 0 Å². The Kier molecular flexibility index (Phi) is 8.07. The first-order valence-electron chi connectivity index (χ1n) is 7.34. The van der Waals surface area contributed by atoms with Crippen molar-refractivity contribution in [3.63, 3.8) is 0 Å². The summed E-state index contributed by atoms with van der Waals surface area (Å²) in [7, 11) is 3.83. The Labute approximate surface area is 118 Å². The van der Waals surface area contributed by atoms with Crippen molar-refractivity contribution in [2.24, 2.45) is 0 Å². The SMILES string of the molecule is CCCCCCNCCN(C)c1ccccc1OC. The molecule has 0 saturated heterocycles. The second kappa shape index (κ2) is 9.68. The van der Waals surface area contributed by atoms with E-state index in [0.717, 1.165) is 31.1 Å². The van der Waals surface area contributed by atoms with Crippen LogP contribution in [0.3, 0.4) is 0 Å². The van der Waals surface area contributed by atoms with Crippen molar-refractivity contribution in [1.82, 2.24) is 5.32 Å². The molecule has 0 aliphatic carbocycles. The van der Waals surface area contributed by atoms with E-state index in [9.17, 15) is 0 Å². The van der Waals surface area contributed by atoms with Crippen LogP contribution < -0.4 is 15.0 Å². The van der Waals surface area contributed by atoms with Crippen LogP contribution in [0.15, 0.2) is 24.3 Å². The molecule has 1 N–H and O–H groups in total. The van der Waals surface area contributed by atoms with Gasteiger partial charge in [-0.3, -0.25) is 0 Å². The Bertz CT molecular complexity index is 341. The quantitative estimate of drug-likeness (QED) is 0.656. The Morgan fingerprint density at radius 3 is 2.63 bits per heavy atom. The van der Waals surface area contributed by atoms with Crippen molar-refractivity contribution in [1.29, 1.82) is 0 Å². The summed E-state index contributed by atoms with van der Waals surface area (Å²) in [5.74, 6) is 0.938. The van der Waals surface area contributed by atoms with Gasteiger partial charge in [0.15, 0.2) is 0 Å². The van der Waals surface area contributed by atoms with Crippen LogP contribution >= 0.6 is 0 Å². The number of unbranched alkanes of at least 4 members (excludes halogenated alkanes) is 3. The van der Waals surface area contributed by atoms with Gasteiger partial charge < -0.3 is 15.0 Å². The molecule has 3 nitrogen and oxygen atoms in total. The minimum atomic E-state index is 0.938. The molecule has 1 aromatic carbocycles. The molecule has 0 aliphatic rings. The van der Waals surface area contributed by atoms with Crippen LogP contribution in [0.25, 0.3) is 0 Å². The summed E-state index contributed by atoms with van der Waals surface area (Å²) in [6.07, 6.45) is 5.28. The Balaban J connectivity index is 2.22. The summed E-state index contributed by atoms with van der Waals surface area (Å²) < 4.78 is 5.38. The van der Waals surface area contributed by atoms with Crippen LogP contribution in [0.5, 0.6) is 5.75 Å². The fourth-order valence-corrected chi connectivity index (χ4v) is 2.11. The summed E-state index contributed by atoms with van der Waals surface area (Å²) in [5, 5.41) is 3.50. The van der Waals surface area contributed by atoms with Gasteiger partial charge in [0.2, 0.25) is 0 Å². The lowest BCUT2D eigenvalue weighted by molar-refractivity contribution is 0.414. The number of ether oxygens (including phenoxy) is 1. The largest absolute Gasteiger partial charge is 0.495 e. The highest BCUT2D eigenvalue weighted by Gasteiger charge is 2.06. The normalized spacial score (nSPS) is 10.5. The van der Waals surface area contributed by atoms with Crippen LogP contribution in [-0.2, 0) is 0 Å². The Morgan fingerprint density at radius 1 is 1.11 bits per heavy atom. The molecule has 108 valence electrons. The van der Waals surface area contributed by atoms with Gasteiger partial charge in [-0.25, -0.2) is 0 Å². The van der Waals surface area contributed by atoms with Crippen molar-refractivity contribution < 1.29 is 4.74 Å². The lowest BCUT2D eigenvalue weighted by atomic mass is 10.2. The molecule has 0 radical (unpaired) electrons. The third kappa shape index (κ3) is 5.97. The minimum Gasteiger partial charge on any atom is -0.495 e. The molecule has 19 heavy (non-hydrogen) atoms. The number of hydrogen-bond acceptors (Lipinski definition) is 3. The molecule has 0 saturated carbocycles. The number of nitrogens with one attached hydrogen (secondary N) is 1. The number of anilines is 1. The number of hydrogen-bond donors (Lipinski definition) is 1. The third-order valence-electron chi connectivity index (χ3n) is 3.33. The molecule has 0 bridgehead atoms. The molecular formula is C16H28N2O. The lowest BCUT2D eigenvalue weighted by Gasteiger charge is -2.21. The summed E-state index contributed by atoms with van der Waals surface area (Å²) in [6, 6.07) is 8.15. The third-order valence-corrected chi connectivity index (χ3v) is 3.33. The summed E-state index contributed by atoms with van der Waals surface area (Å²) in [6.45, 7) is 5.38. The van der Waals surface area contributed by atoms with Gasteiger partial charge in [-0.05, 0) is 25.1 Å². The zero-order valence-corrected chi connectivity index (χ0v) is 12.6. The summed E-state index contributed by atoms with van der Waals surface area (Å²) >= 11 is 0. The van der Waals surface area contributed by atoms with E-state index < -0.39 is 0 Å². The minimum absolute atomic E-state index is 0.938. The van der Waals surface area contributed by atoms with Gasteiger partial charge in [0.25, 0.3) is 0 Å². The predicted octanol–water partition coefficient (Wildman–Crippen LogP) is 3.30. The molecule has 0 amide bonds. The van der Waals surface area contributed by atoms with Crippen molar-refractivity contribution >= 4 is 5.69 Å². The molecule has 0 unspecified atom stereocenters. The molecule has 0 aliphatic heterocycles. The molecule has 1 aromatic rings. The van der Waals surface area contributed by atoms with E-state index in [1.807, 2.05) is 18.2 Å². The molecule has 0 spiro atoms. The van der Waals surface area contributed by atoms with Crippen molar-refractivity contribution in [3.8, 4) is 5.75 Å². The Hall–Kier alpha value is -1.22. The molecule has 0 fully saturated rings. The van der Waals surface area contributed by atoms with E-state index in [4.69, 9.17) is 4.74 Å². The molecule has 1 rings (SSSR count). The average Bonchev–Trinajstić information content (AvgIpc) is 2.46. The molecule has 0 aromatic heterocycles. The molecular weight excluding hydrogens is 236 g/mol. The Morgan fingerprint density at radius 2 is 1.89 bits per heavy atom. The number of benzene rings is 1. The number of para-hydroxylation sites is 2. The maximum Gasteiger partial charge on any atom is 0.142 e. The number of methoxy groups -OCH3 is 1. The highest BCUT2D eigenvalue weighted by Crippen LogP contribution is 2.25. The van der Waals surface area contributed by atoms with Crippen LogP contribution in [0.1, 0.15) is 32.6 Å². The van der Waals surface area contributed by atoms with Crippen LogP contribution in [0, 0.1) is 0 Å². The highest BCUT2D eigenvalue weighted by atomic mass is 16.5. The van der Waals surface area contributed by atoms with Gasteiger partial charge in [0.1, 0.15) is 5.75 Å². The van der Waals surface area contributed by atoms with Gasteiger partial charge in [0, 0.05) is 20.1 Å². The first kappa shape index (κ1) is 15.8. The van der Waals surface area contributed by atoms with Gasteiger partial charge >= 0.3 is 0 Å². The lowest BCUT2D eigenvalue weighted by Crippen LogP contribution is -2.29. The number of likely N-dealkylation sites (N-methyl/N-ethyl adjacent to an activating group) is 1. The van der Waals surface area contributed by atoms with Gasteiger partial charge in [-0.1, -0.05) is 38.3 Å². The van der Waals surface area contributed by atoms with Crippen molar-refractivity contribution in [3.05, 3.63) is 24.3 Å². The predicted molar refractivity (Wildman–Crippen MR) is 83.3 cm³/mol. The monoisotopic (exact) mass is 264 g/mol. The van der Waals surface area contributed by atoms with Gasteiger partial charge in [-0.2, -0.15) is 0 Å². The molecule has 0 heterocycles. The standard InChI is InChI=1S/C16H28N2O/c1-4-5-6-9-12-17-13-14-18(2)15-10-7-8-11-16(15)19-3/h7-8,10-11,17H,4-6,9,12-14H2,1-3H3. The smallest absolute Gasteiger partial charge is 0.142 e. The topological polar surface area (TPSA) is 24.5 Å². The molecule has 3 heteroatoms. The van der Waals surface area contributed by atoms with Gasteiger partial charge in [-0.15, -0.1) is 0 Å². The van der Waals surface area contributed by atoms with Crippen molar-refractivity contribution in [2.75, 3.05) is 38.7 Å². The fraction of sp³-hybridized carbons (Fsp3) is 0.625. The highest BCUT2D eigenvalue weighted by molar-refractivity contribution is 5.57. The fourth-order valence-electron chi connectivity index (χ4n) is 2.11. The second-order valence-corrected chi connectivity index (χ2v) is 4.90. The number of nitrogens with zero attached hydrogens (tertiary/aromatic N) is 1. The number of rotatable bonds is 10. The van der Waals surface area contributed by atoms with E-state index in [1.54, 1.807) is 7.11 Å².